The minimum absolute atomic E-state index is 0.835. The van der Waals surface area contributed by atoms with Gasteiger partial charge >= 0.3 is 0 Å². The molecule has 0 atom stereocenters. The third kappa shape index (κ3) is 1.77. The van der Waals surface area contributed by atoms with E-state index >= 15 is 0 Å². The maximum absolute atomic E-state index is 4.21. The predicted molar refractivity (Wildman–Crippen MR) is 65.5 cm³/mol. The molecular weight excluding hydrogens is 254 g/mol. The highest BCUT2D eigenvalue weighted by Crippen LogP contribution is 2.26. The standard InChI is InChI=1S/C11H12BrN3/c1-8-4-3-5-9(10(8)12)15-7-6-14-11(15)13-2/h3-7H,1-2H3,(H,13,14). The van der Waals surface area contributed by atoms with Crippen LogP contribution >= 0.6 is 15.9 Å². The molecule has 4 heteroatoms. The number of aryl methyl sites for hydroxylation is 1. The molecule has 0 aliphatic carbocycles. The van der Waals surface area contributed by atoms with Crippen molar-refractivity contribution in [3.8, 4) is 5.69 Å². The first-order valence-electron chi connectivity index (χ1n) is 4.70. The number of nitrogens with one attached hydrogen (secondary N) is 1. The topological polar surface area (TPSA) is 29.9 Å². The van der Waals surface area contributed by atoms with Crippen LogP contribution in [0.1, 0.15) is 5.56 Å². The van der Waals surface area contributed by atoms with Gasteiger partial charge in [-0.25, -0.2) is 4.98 Å². The van der Waals surface area contributed by atoms with Gasteiger partial charge in [-0.2, -0.15) is 0 Å². The third-order valence-electron chi connectivity index (χ3n) is 2.30. The van der Waals surface area contributed by atoms with Crippen LogP contribution in [0, 0.1) is 6.92 Å². The lowest BCUT2D eigenvalue weighted by Gasteiger charge is -2.10. The van der Waals surface area contributed by atoms with Crippen LogP contribution in [0.25, 0.3) is 5.69 Å². The second-order valence-electron chi connectivity index (χ2n) is 3.28. The summed E-state index contributed by atoms with van der Waals surface area (Å²) in [6, 6.07) is 6.16. The molecule has 0 bridgehead atoms. The average Bonchev–Trinajstić information content (AvgIpc) is 2.70. The van der Waals surface area contributed by atoms with E-state index < -0.39 is 0 Å². The Bertz CT molecular complexity index is 476. The molecule has 0 unspecified atom stereocenters. The Labute approximate surface area is 97.3 Å². The highest BCUT2D eigenvalue weighted by atomic mass is 79.9. The zero-order chi connectivity index (χ0) is 10.8. The number of anilines is 1. The van der Waals surface area contributed by atoms with Crippen LogP contribution in [-0.4, -0.2) is 16.6 Å². The molecule has 0 spiro atoms. The van der Waals surface area contributed by atoms with Crippen LogP contribution in [0.3, 0.4) is 0 Å². The number of rotatable bonds is 2. The van der Waals surface area contributed by atoms with E-state index in [1.165, 1.54) is 5.56 Å². The van der Waals surface area contributed by atoms with Gasteiger partial charge < -0.3 is 5.32 Å². The zero-order valence-electron chi connectivity index (χ0n) is 8.66. The Morgan fingerprint density at radius 2 is 2.20 bits per heavy atom. The number of aromatic nitrogens is 2. The Kier molecular flexibility index (Phi) is 2.77. The van der Waals surface area contributed by atoms with Crippen LogP contribution in [0.15, 0.2) is 35.1 Å². The molecule has 0 aliphatic heterocycles. The fourth-order valence-corrected chi connectivity index (χ4v) is 1.96. The molecule has 0 radical (unpaired) electrons. The van der Waals surface area contributed by atoms with Gasteiger partial charge in [0.1, 0.15) is 0 Å². The van der Waals surface area contributed by atoms with Crippen molar-refractivity contribution < 1.29 is 0 Å². The molecule has 0 saturated heterocycles. The van der Waals surface area contributed by atoms with Gasteiger partial charge in [-0.05, 0) is 34.5 Å². The first kappa shape index (κ1) is 10.2. The summed E-state index contributed by atoms with van der Waals surface area (Å²) in [6.07, 6.45) is 3.71. The second kappa shape index (κ2) is 4.06. The van der Waals surface area contributed by atoms with E-state index in [2.05, 4.69) is 45.3 Å². The molecule has 1 heterocycles. The molecule has 3 nitrogen and oxygen atoms in total. The zero-order valence-corrected chi connectivity index (χ0v) is 10.2. The average molecular weight is 266 g/mol. The molecule has 1 aromatic carbocycles. The van der Waals surface area contributed by atoms with E-state index in [-0.39, 0.29) is 0 Å². The summed E-state index contributed by atoms with van der Waals surface area (Å²) in [7, 11) is 1.86. The Hall–Kier alpha value is -1.29. The van der Waals surface area contributed by atoms with Gasteiger partial charge in [-0.3, -0.25) is 4.57 Å². The molecule has 0 fully saturated rings. The molecule has 0 saturated carbocycles. The van der Waals surface area contributed by atoms with Crippen LogP contribution in [0.4, 0.5) is 5.95 Å². The Balaban J connectivity index is 2.59. The number of hydrogen-bond acceptors (Lipinski definition) is 2. The number of nitrogens with zero attached hydrogens (tertiary/aromatic N) is 2. The largest absolute Gasteiger partial charge is 0.358 e. The fourth-order valence-electron chi connectivity index (χ4n) is 1.50. The highest BCUT2D eigenvalue weighted by molar-refractivity contribution is 9.10. The van der Waals surface area contributed by atoms with Gasteiger partial charge in [0.2, 0.25) is 5.95 Å². The summed E-state index contributed by atoms with van der Waals surface area (Å²) >= 11 is 3.59. The molecule has 1 aromatic heterocycles. The quantitative estimate of drug-likeness (QED) is 0.905. The molecular formula is C11H12BrN3. The third-order valence-corrected chi connectivity index (χ3v) is 3.33. The van der Waals surface area contributed by atoms with Gasteiger partial charge in [0.05, 0.1) is 5.69 Å². The van der Waals surface area contributed by atoms with Crippen molar-refractivity contribution in [2.75, 3.05) is 12.4 Å². The molecule has 0 aliphatic rings. The van der Waals surface area contributed by atoms with Crippen LogP contribution in [0.5, 0.6) is 0 Å². The first-order valence-corrected chi connectivity index (χ1v) is 5.50. The van der Waals surface area contributed by atoms with Crippen LogP contribution < -0.4 is 5.32 Å². The second-order valence-corrected chi connectivity index (χ2v) is 4.07. The minimum atomic E-state index is 0.835. The summed E-state index contributed by atoms with van der Waals surface area (Å²) in [4.78, 5) is 4.21. The lowest BCUT2D eigenvalue weighted by Crippen LogP contribution is -2.01. The summed E-state index contributed by atoms with van der Waals surface area (Å²) in [6.45, 7) is 2.07. The molecule has 1 N–H and O–H groups in total. The maximum Gasteiger partial charge on any atom is 0.207 e. The molecule has 0 amide bonds. The molecule has 15 heavy (non-hydrogen) atoms. The number of imidazole rings is 1. The predicted octanol–water partition coefficient (Wildman–Crippen LogP) is 2.98. The first-order chi connectivity index (χ1) is 7.24. The Morgan fingerprint density at radius 1 is 1.40 bits per heavy atom. The van der Waals surface area contributed by atoms with Gasteiger partial charge in [0.15, 0.2) is 0 Å². The van der Waals surface area contributed by atoms with Gasteiger partial charge in [0, 0.05) is 23.9 Å². The fraction of sp³-hybridized carbons (Fsp3) is 0.182. The van der Waals surface area contributed by atoms with Crippen molar-refractivity contribution in [1.82, 2.24) is 9.55 Å². The summed E-state index contributed by atoms with van der Waals surface area (Å²) in [5.41, 5.74) is 2.31. The van der Waals surface area contributed by atoms with Gasteiger partial charge in [0.25, 0.3) is 0 Å². The van der Waals surface area contributed by atoms with E-state index in [1.807, 2.05) is 23.9 Å². The van der Waals surface area contributed by atoms with E-state index in [4.69, 9.17) is 0 Å². The van der Waals surface area contributed by atoms with E-state index in [0.717, 1.165) is 16.1 Å². The monoisotopic (exact) mass is 265 g/mol. The van der Waals surface area contributed by atoms with E-state index in [0.29, 0.717) is 0 Å². The summed E-state index contributed by atoms with van der Waals surface area (Å²) in [5, 5.41) is 3.05. The number of halogens is 1. The van der Waals surface area contributed by atoms with Crippen molar-refractivity contribution in [2.24, 2.45) is 0 Å². The number of hydrogen-bond donors (Lipinski definition) is 1. The SMILES string of the molecule is CNc1nccn1-c1cccc(C)c1Br. The maximum atomic E-state index is 4.21. The van der Waals surface area contributed by atoms with Crippen molar-refractivity contribution in [3.05, 3.63) is 40.6 Å². The molecule has 2 aromatic rings. The normalized spacial score (nSPS) is 10.3. The summed E-state index contributed by atoms with van der Waals surface area (Å²) in [5.74, 6) is 0.835. The van der Waals surface area contributed by atoms with Crippen molar-refractivity contribution in [1.29, 1.82) is 0 Å². The lowest BCUT2D eigenvalue weighted by atomic mass is 10.2. The van der Waals surface area contributed by atoms with Crippen molar-refractivity contribution in [3.63, 3.8) is 0 Å². The van der Waals surface area contributed by atoms with Crippen LogP contribution in [0.2, 0.25) is 0 Å². The molecule has 2 rings (SSSR count). The smallest absolute Gasteiger partial charge is 0.207 e. The summed E-state index contributed by atoms with van der Waals surface area (Å²) < 4.78 is 3.11. The molecule has 78 valence electrons. The highest BCUT2D eigenvalue weighted by Gasteiger charge is 2.07. The van der Waals surface area contributed by atoms with Gasteiger partial charge in [-0.1, -0.05) is 12.1 Å². The number of benzene rings is 1. The van der Waals surface area contributed by atoms with Crippen LogP contribution in [-0.2, 0) is 0 Å². The lowest BCUT2D eigenvalue weighted by molar-refractivity contribution is 1.04. The minimum Gasteiger partial charge on any atom is -0.358 e. The van der Waals surface area contributed by atoms with E-state index in [9.17, 15) is 0 Å². The van der Waals surface area contributed by atoms with Gasteiger partial charge in [-0.15, -0.1) is 0 Å². The Morgan fingerprint density at radius 3 is 2.93 bits per heavy atom. The van der Waals surface area contributed by atoms with Crippen molar-refractivity contribution >= 4 is 21.9 Å². The van der Waals surface area contributed by atoms with Crippen molar-refractivity contribution in [2.45, 2.75) is 6.92 Å². The van der Waals surface area contributed by atoms with E-state index in [1.54, 1.807) is 6.20 Å².